The largest absolute Gasteiger partial charge is 0.398 e. The molecule has 1 aliphatic rings. The van der Waals surface area contributed by atoms with Crippen LogP contribution in [0.4, 0.5) is 14.5 Å². The number of nitrogen functional groups attached to an aromatic ring is 1. The zero-order chi connectivity index (χ0) is 11.9. The number of hydrogen-bond acceptors (Lipinski definition) is 2. The monoisotopic (exact) mass is 226 g/mol. The van der Waals surface area contributed by atoms with E-state index in [1.807, 2.05) is 0 Å². The molecule has 0 heterocycles. The highest BCUT2D eigenvalue weighted by Gasteiger charge is 2.28. The summed E-state index contributed by atoms with van der Waals surface area (Å²) in [4.78, 5) is 11.1. The Labute approximate surface area is 91.4 Å². The number of alkyl halides is 2. The summed E-state index contributed by atoms with van der Waals surface area (Å²) < 4.78 is 25.2. The Hall–Kier alpha value is -1.65. The molecule has 0 spiro atoms. The minimum atomic E-state index is -2.61. The number of primary amides is 1. The highest BCUT2D eigenvalue weighted by molar-refractivity contribution is 5.99. The van der Waals surface area contributed by atoms with Crippen LogP contribution in [0.1, 0.15) is 46.7 Å². The molecule has 0 aromatic heterocycles. The van der Waals surface area contributed by atoms with Gasteiger partial charge in [-0.25, -0.2) is 8.78 Å². The highest BCUT2D eigenvalue weighted by atomic mass is 19.3. The van der Waals surface area contributed by atoms with Crippen LogP contribution >= 0.6 is 0 Å². The molecule has 1 aromatic carbocycles. The average molecular weight is 226 g/mol. The van der Waals surface area contributed by atoms with Crippen LogP contribution in [-0.2, 0) is 0 Å². The van der Waals surface area contributed by atoms with Crippen molar-refractivity contribution >= 4 is 11.6 Å². The van der Waals surface area contributed by atoms with E-state index in [4.69, 9.17) is 11.5 Å². The number of nitrogens with two attached hydrogens (primary N) is 2. The Balaban J connectivity index is 2.55. The third-order valence-corrected chi connectivity index (χ3v) is 2.77. The third kappa shape index (κ3) is 1.85. The van der Waals surface area contributed by atoms with Gasteiger partial charge in [-0.1, -0.05) is 0 Å². The smallest absolute Gasteiger partial charge is 0.263 e. The second-order valence-electron chi connectivity index (χ2n) is 4.01. The van der Waals surface area contributed by atoms with Gasteiger partial charge in [0.25, 0.3) is 12.3 Å². The van der Waals surface area contributed by atoms with Crippen molar-refractivity contribution in [2.24, 2.45) is 5.73 Å². The Bertz CT molecular complexity index is 442. The van der Waals surface area contributed by atoms with E-state index in [0.29, 0.717) is 5.56 Å². The normalized spacial score (nSPS) is 15.4. The van der Waals surface area contributed by atoms with Crippen molar-refractivity contribution in [3.63, 3.8) is 0 Å². The molecule has 2 rings (SSSR count). The van der Waals surface area contributed by atoms with Crippen LogP contribution in [0.5, 0.6) is 0 Å². The number of rotatable bonds is 3. The lowest BCUT2D eigenvalue weighted by Gasteiger charge is -2.11. The summed E-state index contributed by atoms with van der Waals surface area (Å²) in [6.07, 6.45) is -0.763. The molecule has 0 saturated heterocycles. The van der Waals surface area contributed by atoms with Gasteiger partial charge >= 0.3 is 0 Å². The van der Waals surface area contributed by atoms with Gasteiger partial charge < -0.3 is 11.5 Å². The van der Waals surface area contributed by atoms with Crippen molar-refractivity contribution in [3.8, 4) is 0 Å². The molecular weight excluding hydrogens is 214 g/mol. The molecule has 5 heteroatoms. The standard InChI is InChI=1S/C11H12F2N2O/c12-10(13)6-3-7(5-1-2-5)9(14)8(4-6)11(15)16/h3-5,10H,1-2,14H2,(H2,15,16). The minimum Gasteiger partial charge on any atom is -0.398 e. The van der Waals surface area contributed by atoms with Gasteiger partial charge in [0.15, 0.2) is 0 Å². The van der Waals surface area contributed by atoms with E-state index in [2.05, 4.69) is 0 Å². The first-order valence-corrected chi connectivity index (χ1v) is 5.02. The molecule has 4 N–H and O–H groups in total. The first-order chi connectivity index (χ1) is 7.50. The van der Waals surface area contributed by atoms with Crippen molar-refractivity contribution in [1.82, 2.24) is 0 Å². The lowest BCUT2D eigenvalue weighted by atomic mass is 9.99. The van der Waals surface area contributed by atoms with Gasteiger partial charge in [0.05, 0.1) is 5.56 Å². The number of anilines is 1. The molecule has 16 heavy (non-hydrogen) atoms. The van der Waals surface area contributed by atoms with Crippen molar-refractivity contribution in [2.75, 3.05) is 5.73 Å². The summed E-state index contributed by atoms with van der Waals surface area (Å²) in [7, 11) is 0. The third-order valence-electron chi connectivity index (χ3n) is 2.77. The zero-order valence-corrected chi connectivity index (χ0v) is 8.54. The summed E-state index contributed by atoms with van der Waals surface area (Å²) in [5.74, 6) is -0.557. The lowest BCUT2D eigenvalue weighted by molar-refractivity contribution is 0.100. The predicted octanol–water partition coefficient (Wildman–Crippen LogP) is 2.18. The average Bonchev–Trinajstić information content (AvgIpc) is 3.00. The van der Waals surface area contributed by atoms with Crippen molar-refractivity contribution in [3.05, 3.63) is 28.8 Å². The molecule has 86 valence electrons. The minimum absolute atomic E-state index is 0.000278. The van der Waals surface area contributed by atoms with Gasteiger partial charge in [-0.2, -0.15) is 0 Å². The fourth-order valence-corrected chi connectivity index (χ4v) is 1.76. The number of hydrogen-bond donors (Lipinski definition) is 2. The molecule has 1 aromatic rings. The second-order valence-corrected chi connectivity index (χ2v) is 4.01. The first kappa shape index (κ1) is 10.9. The first-order valence-electron chi connectivity index (χ1n) is 5.02. The Morgan fingerprint density at radius 3 is 2.44 bits per heavy atom. The summed E-state index contributed by atoms with van der Waals surface area (Å²) in [6, 6.07) is 2.46. The molecule has 0 radical (unpaired) electrons. The predicted molar refractivity (Wildman–Crippen MR) is 56.3 cm³/mol. The molecule has 1 aliphatic carbocycles. The van der Waals surface area contributed by atoms with Crippen molar-refractivity contribution in [2.45, 2.75) is 25.2 Å². The Kier molecular flexibility index (Phi) is 2.53. The molecule has 0 aliphatic heterocycles. The van der Waals surface area contributed by atoms with Crippen LogP contribution in [0.2, 0.25) is 0 Å². The number of amides is 1. The van der Waals surface area contributed by atoms with E-state index in [0.717, 1.165) is 18.9 Å². The van der Waals surface area contributed by atoms with Gasteiger partial charge in [0, 0.05) is 11.3 Å². The summed E-state index contributed by atoms with van der Waals surface area (Å²) in [5.41, 5.74) is 11.5. The van der Waals surface area contributed by atoms with Gasteiger partial charge in [-0.3, -0.25) is 4.79 Å². The topological polar surface area (TPSA) is 69.1 Å². The molecule has 1 fully saturated rings. The SMILES string of the molecule is NC(=O)c1cc(C(F)F)cc(C2CC2)c1N. The zero-order valence-electron chi connectivity index (χ0n) is 8.54. The van der Waals surface area contributed by atoms with Gasteiger partial charge in [-0.05, 0) is 36.5 Å². The van der Waals surface area contributed by atoms with Crippen LogP contribution in [0, 0.1) is 0 Å². The highest BCUT2D eigenvalue weighted by Crippen LogP contribution is 2.44. The quantitative estimate of drug-likeness (QED) is 0.775. The van der Waals surface area contributed by atoms with Crippen LogP contribution < -0.4 is 11.5 Å². The van der Waals surface area contributed by atoms with Crippen molar-refractivity contribution in [1.29, 1.82) is 0 Å². The maximum atomic E-state index is 12.6. The number of carbonyl (C=O) groups is 1. The fraction of sp³-hybridized carbons (Fsp3) is 0.364. The fourth-order valence-electron chi connectivity index (χ4n) is 1.76. The van der Waals surface area contributed by atoms with E-state index in [9.17, 15) is 13.6 Å². The Morgan fingerprint density at radius 2 is 2.00 bits per heavy atom. The Morgan fingerprint density at radius 1 is 1.38 bits per heavy atom. The van der Waals surface area contributed by atoms with E-state index >= 15 is 0 Å². The van der Waals surface area contributed by atoms with Gasteiger partial charge in [-0.15, -0.1) is 0 Å². The molecule has 3 nitrogen and oxygen atoms in total. The van der Waals surface area contributed by atoms with Crippen molar-refractivity contribution < 1.29 is 13.6 Å². The van der Waals surface area contributed by atoms with Crippen LogP contribution in [0.25, 0.3) is 0 Å². The number of halogens is 2. The molecule has 0 unspecified atom stereocenters. The van der Waals surface area contributed by atoms with E-state index in [1.165, 1.54) is 6.07 Å². The van der Waals surface area contributed by atoms with E-state index in [-0.39, 0.29) is 22.7 Å². The maximum Gasteiger partial charge on any atom is 0.263 e. The van der Waals surface area contributed by atoms with E-state index in [1.54, 1.807) is 0 Å². The van der Waals surface area contributed by atoms with E-state index < -0.39 is 12.3 Å². The molecule has 0 bridgehead atoms. The van der Waals surface area contributed by atoms with Crippen LogP contribution in [0.3, 0.4) is 0 Å². The van der Waals surface area contributed by atoms with Crippen LogP contribution in [0.15, 0.2) is 12.1 Å². The second kappa shape index (κ2) is 3.73. The van der Waals surface area contributed by atoms with Crippen LogP contribution in [-0.4, -0.2) is 5.91 Å². The molecular formula is C11H12F2N2O. The number of benzene rings is 1. The summed E-state index contributed by atoms with van der Waals surface area (Å²) >= 11 is 0. The molecule has 1 saturated carbocycles. The summed E-state index contributed by atoms with van der Waals surface area (Å²) in [5, 5.41) is 0. The molecule has 0 atom stereocenters. The van der Waals surface area contributed by atoms with Gasteiger partial charge in [0.2, 0.25) is 0 Å². The number of carbonyl (C=O) groups excluding carboxylic acids is 1. The lowest BCUT2D eigenvalue weighted by Crippen LogP contribution is -2.15. The maximum absolute atomic E-state index is 12.6. The molecule has 1 amide bonds. The summed E-state index contributed by atoms with van der Waals surface area (Å²) in [6.45, 7) is 0. The van der Waals surface area contributed by atoms with Gasteiger partial charge in [0.1, 0.15) is 0 Å².